The molecule has 0 aliphatic rings. The van der Waals surface area contributed by atoms with E-state index in [0.29, 0.717) is 11.1 Å². The molecule has 6 heteroatoms. The Hall–Kier alpha value is -1.62. The van der Waals surface area contributed by atoms with Crippen molar-refractivity contribution in [3.05, 3.63) is 35.1 Å². The zero-order valence-corrected chi connectivity index (χ0v) is 11.6. The van der Waals surface area contributed by atoms with Gasteiger partial charge in [0.25, 0.3) is 0 Å². The fraction of sp³-hybridized carbons (Fsp3) is 0.385. The smallest absolute Gasteiger partial charge is 0.321 e. The highest BCUT2D eigenvalue weighted by Crippen LogP contribution is 2.16. The highest BCUT2D eigenvalue weighted by Gasteiger charge is 2.12. The van der Waals surface area contributed by atoms with Gasteiger partial charge in [-0.15, -0.1) is 11.6 Å². The van der Waals surface area contributed by atoms with Crippen LogP contribution in [0.5, 0.6) is 0 Å². The Morgan fingerprint density at radius 1 is 1.42 bits per heavy atom. The van der Waals surface area contributed by atoms with Crippen LogP contribution in [0.2, 0.25) is 0 Å². The van der Waals surface area contributed by atoms with Gasteiger partial charge in [-0.3, -0.25) is 10.1 Å². The first-order valence-corrected chi connectivity index (χ1v) is 6.40. The number of alkyl halides is 1. The lowest BCUT2D eigenvalue weighted by molar-refractivity contribution is -0.119. The normalized spacial score (nSPS) is 11.8. The van der Waals surface area contributed by atoms with Gasteiger partial charge in [0.15, 0.2) is 0 Å². The summed E-state index contributed by atoms with van der Waals surface area (Å²) in [5.74, 6) is -0.628. The number of aryl methyl sites for hydroxylation is 1. The van der Waals surface area contributed by atoms with Crippen LogP contribution in [0.1, 0.15) is 30.5 Å². The minimum absolute atomic E-state index is 0.0719. The lowest BCUT2D eigenvalue weighted by atomic mass is 10.1. The van der Waals surface area contributed by atoms with Crippen LogP contribution in [0.15, 0.2) is 18.2 Å². The molecule has 1 aromatic rings. The SMILES string of the molecule is Cc1ccc(C(C)NC(=O)NC(=O)CCCl)cc1F. The number of carbonyl (C=O) groups is 2. The fourth-order valence-electron chi connectivity index (χ4n) is 1.47. The molecule has 0 heterocycles. The molecule has 0 aliphatic heterocycles. The Labute approximate surface area is 116 Å². The molecule has 4 nitrogen and oxygen atoms in total. The molecule has 1 unspecified atom stereocenters. The van der Waals surface area contributed by atoms with Crippen LogP contribution in [-0.2, 0) is 4.79 Å². The topological polar surface area (TPSA) is 58.2 Å². The van der Waals surface area contributed by atoms with Crippen molar-refractivity contribution in [2.75, 3.05) is 5.88 Å². The van der Waals surface area contributed by atoms with Crippen molar-refractivity contribution in [1.82, 2.24) is 10.6 Å². The summed E-state index contributed by atoms with van der Waals surface area (Å²) in [6.07, 6.45) is 0.0719. The van der Waals surface area contributed by atoms with E-state index in [9.17, 15) is 14.0 Å². The average molecular weight is 287 g/mol. The third-order valence-corrected chi connectivity index (χ3v) is 2.81. The molecule has 0 spiro atoms. The molecule has 1 aromatic carbocycles. The largest absolute Gasteiger partial charge is 0.331 e. The van der Waals surface area contributed by atoms with E-state index in [1.807, 2.05) is 0 Å². The molecule has 3 amide bonds. The molecule has 104 valence electrons. The molecule has 0 saturated heterocycles. The van der Waals surface area contributed by atoms with Gasteiger partial charge in [0.05, 0.1) is 6.04 Å². The summed E-state index contributed by atoms with van der Waals surface area (Å²) in [5, 5.41) is 4.69. The van der Waals surface area contributed by atoms with Gasteiger partial charge in [-0.1, -0.05) is 12.1 Å². The number of hydrogen-bond acceptors (Lipinski definition) is 2. The Morgan fingerprint density at radius 2 is 2.11 bits per heavy atom. The molecule has 0 fully saturated rings. The van der Waals surface area contributed by atoms with Gasteiger partial charge < -0.3 is 5.32 Å². The van der Waals surface area contributed by atoms with Crippen LogP contribution >= 0.6 is 11.6 Å². The summed E-state index contributed by atoms with van der Waals surface area (Å²) in [5.41, 5.74) is 1.17. The van der Waals surface area contributed by atoms with Crippen LogP contribution in [0.25, 0.3) is 0 Å². The van der Waals surface area contributed by atoms with Crippen LogP contribution in [0, 0.1) is 12.7 Å². The number of urea groups is 1. The Kier molecular flexibility index (Phi) is 5.76. The number of halogens is 2. The number of rotatable bonds is 4. The first-order valence-electron chi connectivity index (χ1n) is 5.86. The highest BCUT2D eigenvalue weighted by atomic mass is 35.5. The van der Waals surface area contributed by atoms with E-state index < -0.39 is 18.0 Å². The standard InChI is InChI=1S/C13H16ClFN2O2/c1-8-3-4-10(7-11(8)15)9(2)16-13(19)17-12(18)5-6-14/h3-4,7,9H,5-6H2,1-2H3,(H2,16,17,18,19). The fourth-order valence-corrected chi connectivity index (χ4v) is 1.64. The van der Waals surface area contributed by atoms with Crippen molar-refractivity contribution in [2.24, 2.45) is 0 Å². The summed E-state index contributed by atoms with van der Waals surface area (Å²) in [7, 11) is 0. The Balaban J connectivity index is 2.58. The summed E-state index contributed by atoms with van der Waals surface area (Å²) < 4.78 is 13.4. The molecular weight excluding hydrogens is 271 g/mol. The summed E-state index contributed by atoms with van der Waals surface area (Å²) in [4.78, 5) is 22.6. The van der Waals surface area contributed by atoms with Gasteiger partial charge in [-0.05, 0) is 31.0 Å². The van der Waals surface area contributed by atoms with Crippen molar-refractivity contribution in [1.29, 1.82) is 0 Å². The third-order valence-electron chi connectivity index (χ3n) is 2.62. The molecule has 0 bridgehead atoms. The van der Waals surface area contributed by atoms with E-state index in [1.165, 1.54) is 6.07 Å². The van der Waals surface area contributed by atoms with E-state index >= 15 is 0 Å². The lowest BCUT2D eigenvalue weighted by Crippen LogP contribution is -2.40. The van der Waals surface area contributed by atoms with Crippen LogP contribution in [0.3, 0.4) is 0 Å². The van der Waals surface area contributed by atoms with E-state index in [-0.39, 0.29) is 18.1 Å². The number of carbonyl (C=O) groups excluding carboxylic acids is 2. The minimum atomic E-state index is -0.622. The third kappa shape index (κ3) is 4.87. The zero-order valence-electron chi connectivity index (χ0n) is 10.8. The molecule has 1 atom stereocenters. The second kappa shape index (κ2) is 7.09. The van der Waals surface area contributed by atoms with Crippen molar-refractivity contribution >= 4 is 23.5 Å². The van der Waals surface area contributed by atoms with Gasteiger partial charge in [0.2, 0.25) is 5.91 Å². The number of imide groups is 1. The van der Waals surface area contributed by atoms with Gasteiger partial charge in [-0.2, -0.15) is 0 Å². The second-order valence-electron chi connectivity index (χ2n) is 4.19. The predicted octanol–water partition coefficient (Wildman–Crippen LogP) is 2.65. The number of benzene rings is 1. The predicted molar refractivity (Wildman–Crippen MR) is 71.6 cm³/mol. The first-order chi connectivity index (χ1) is 8.93. The quantitative estimate of drug-likeness (QED) is 0.836. The van der Waals surface area contributed by atoms with Crippen molar-refractivity contribution in [3.8, 4) is 0 Å². The first kappa shape index (κ1) is 15.4. The minimum Gasteiger partial charge on any atom is -0.331 e. The van der Waals surface area contributed by atoms with Gasteiger partial charge in [0.1, 0.15) is 5.82 Å². The van der Waals surface area contributed by atoms with Gasteiger partial charge >= 0.3 is 6.03 Å². The maximum absolute atomic E-state index is 13.4. The average Bonchev–Trinajstić information content (AvgIpc) is 2.32. The maximum Gasteiger partial charge on any atom is 0.321 e. The zero-order chi connectivity index (χ0) is 14.4. The molecule has 0 aliphatic carbocycles. The summed E-state index contributed by atoms with van der Waals surface area (Å²) >= 11 is 5.38. The molecule has 1 rings (SSSR count). The number of amides is 3. The lowest BCUT2D eigenvalue weighted by Gasteiger charge is -2.15. The maximum atomic E-state index is 13.4. The van der Waals surface area contributed by atoms with Crippen LogP contribution in [-0.4, -0.2) is 17.8 Å². The Bertz CT molecular complexity index is 480. The van der Waals surface area contributed by atoms with Crippen molar-refractivity contribution in [2.45, 2.75) is 26.3 Å². The van der Waals surface area contributed by atoms with E-state index in [0.717, 1.165) is 0 Å². The van der Waals surface area contributed by atoms with Gasteiger partial charge in [-0.25, -0.2) is 9.18 Å². The molecule has 19 heavy (non-hydrogen) atoms. The van der Waals surface area contributed by atoms with Crippen LogP contribution < -0.4 is 10.6 Å². The second-order valence-corrected chi connectivity index (χ2v) is 4.57. The number of hydrogen-bond donors (Lipinski definition) is 2. The van der Waals surface area contributed by atoms with Gasteiger partial charge in [0, 0.05) is 12.3 Å². The summed E-state index contributed by atoms with van der Waals surface area (Å²) in [6.45, 7) is 3.37. The molecule has 0 aromatic heterocycles. The van der Waals surface area contributed by atoms with Crippen molar-refractivity contribution < 1.29 is 14.0 Å². The van der Waals surface area contributed by atoms with E-state index in [4.69, 9.17) is 11.6 Å². The molecule has 0 saturated carbocycles. The monoisotopic (exact) mass is 286 g/mol. The Morgan fingerprint density at radius 3 is 2.68 bits per heavy atom. The molecule has 0 radical (unpaired) electrons. The van der Waals surface area contributed by atoms with Crippen LogP contribution in [0.4, 0.5) is 9.18 Å². The van der Waals surface area contributed by atoms with Crippen molar-refractivity contribution in [3.63, 3.8) is 0 Å². The summed E-state index contributed by atoms with van der Waals surface area (Å²) in [6, 6.07) is 3.70. The molecular formula is C13H16ClFN2O2. The van der Waals surface area contributed by atoms with E-state index in [1.54, 1.807) is 26.0 Å². The van der Waals surface area contributed by atoms with E-state index in [2.05, 4.69) is 10.6 Å². The number of nitrogens with one attached hydrogen (secondary N) is 2. The highest BCUT2D eigenvalue weighted by molar-refractivity contribution is 6.19. The molecule has 2 N–H and O–H groups in total.